The Morgan fingerprint density at radius 3 is 2.20 bits per heavy atom. The lowest BCUT2D eigenvalue weighted by Crippen LogP contribution is -2.15. The molecular weight excluding hydrogens is 256 g/mol. The van der Waals surface area contributed by atoms with Crippen molar-refractivity contribution in [2.45, 2.75) is 32.2 Å². The summed E-state index contributed by atoms with van der Waals surface area (Å²) in [6.07, 6.45) is 0.529. The van der Waals surface area contributed by atoms with Crippen molar-refractivity contribution in [2.75, 3.05) is 0 Å². The summed E-state index contributed by atoms with van der Waals surface area (Å²) in [4.78, 5) is 0. The normalized spacial score (nSPS) is 12.7. The predicted molar refractivity (Wildman–Crippen MR) is 77.5 cm³/mol. The third-order valence-corrected chi connectivity index (χ3v) is 3.46. The maximum atomic E-state index is 13.7. The number of nitrogens with two attached hydrogens (primary N) is 1. The maximum absolute atomic E-state index is 13.7. The molecule has 0 aliphatic heterocycles. The van der Waals surface area contributed by atoms with Crippen LogP contribution >= 0.6 is 0 Å². The fourth-order valence-electron chi connectivity index (χ4n) is 2.20. The molecule has 0 aliphatic carbocycles. The summed E-state index contributed by atoms with van der Waals surface area (Å²) < 4.78 is 26.5. The molecule has 0 amide bonds. The fourth-order valence-corrected chi connectivity index (χ4v) is 2.20. The van der Waals surface area contributed by atoms with E-state index in [0.717, 1.165) is 11.6 Å². The van der Waals surface area contributed by atoms with Gasteiger partial charge in [-0.15, -0.1) is 0 Å². The summed E-state index contributed by atoms with van der Waals surface area (Å²) in [6.45, 7) is 4.27. The molecule has 0 saturated heterocycles. The van der Waals surface area contributed by atoms with E-state index < -0.39 is 17.7 Å². The first-order chi connectivity index (χ1) is 9.47. The van der Waals surface area contributed by atoms with E-state index >= 15 is 0 Å². The SMILES string of the molecule is CC(C)c1ccc(CC(N)c2ccc(F)cc2F)cc1. The Labute approximate surface area is 118 Å². The average molecular weight is 275 g/mol. The van der Waals surface area contributed by atoms with Crippen LogP contribution in [-0.4, -0.2) is 0 Å². The van der Waals surface area contributed by atoms with Crippen molar-refractivity contribution in [2.24, 2.45) is 5.73 Å². The molecule has 2 aromatic rings. The number of hydrogen-bond donors (Lipinski definition) is 1. The van der Waals surface area contributed by atoms with Gasteiger partial charge in [-0.25, -0.2) is 8.78 Å². The van der Waals surface area contributed by atoms with E-state index in [1.54, 1.807) is 0 Å². The molecule has 1 nitrogen and oxygen atoms in total. The van der Waals surface area contributed by atoms with Crippen molar-refractivity contribution in [1.29, 1.82) is 0 Å². The Hall–Kier alpha value is -1.74. The van der Waals surface area contributed by atoms with Gasteiger partial charge in [-0.3, -0.25) is 0 Å². The first-order valence-electron chi connectivity index (χ1n) is 6.76. The topological polar surface area (TPSA) is 26.0 Å². The summed E-state index contributed by atoms with van der Waals surface area (Å²) in [5.74, 6) is -0.691. The van der Waals surface area contributed by atoms with Crippen molar-refractivity contribution in [3.8, 4) is 0 Å². The summed E-state index contributed by atoms with van der Waals surface area (Å²) in [6, 6.07) is 11.2. The molecule has 2 rings (SSSR count). The van der Waals surface area contributed by atoms with Gasteiger partial charge in [-0.1, -0.05) is 44.2 Å². The second kappa shape index (κ2) is 6.14. The van der Waals surface area contributed by atoms with E-state index in [1.807, 2.05) is 12.1 Å². The lowest BCUT2D eigenvalue weighted by atomic mass is 9.96. The highest BCUT2D eigenvalue weighted by Crippen LogP contribution is 2.21. The van der Waals surface area contributed by atoms with Crippen LogP contribution in [0.2, 0.25) is 0 Å². The highest BCUT2D eigenvalue weighted by Gasteiger charge is 2.13. The molecule has 0 bridgehead atoms. The van der Waals surface area contributed by atoms with Crippen LogP contribution in [0.3, 0.4) is 0 Å². The zero-order chi connectivity index (χ0) is 14.7. The standard InChI is InChI=1S/C17H19F2N/c1-11(2)13-5-3-12(4-6-13)9-17(20)15-8-7-14(18)10-16(15)19/h3-8,10-11,17H,9,20H2,1-2H3. The van der Waals surface area contributed by atoms with Gasteiger partial charge in [0.15, 0.2) is 0 Å². The molecular formula is C17H19F2N. The molecule has 0 heterocycles. The first-order valence-corrected chi connectivity index (χ1v) is 6.76. The van der Waals surface area contributed by atoms with Crippen LogP contribution in [0.15, 0.2) is 42.5 Å². The first kappa shape index (κ1) is 14.7. The molecule has 106 valence electrons. The quantitative estimate of drug-likeness (QED) is 0.883. The molecule has 1 unspecified atom stereocenters. The van der Waals surface area contributed by atoms with E-state index in [2.05, 4.69) is 26.0 Å². The van der Waals surface area contributed by atoms with Gasteiger partial charge in [-0.2, -0.15) is 0 Å². The number of benzene rings is 2. The summed E-state index contributed by atoms with van der Waals surface area (Å²) in [7, 11) is 0. The van der Waals surface area contributed by atoms with Crippen molar-refractivity contribution in [3.05, 3.63) is 70.8 Å². The molecule has 0 saturated carbocycles. The van der Waals surface area contributed by atoms with Crippen molar-refractivity contribution in [3.63, 3.8) is 0 Å². The van der Waals surface area contributed by atoms with Gasteiger partial charge >= 0.3 is 0 Å². The zero-order valence-electron chi connectivity index (χ0n) is 11.7. The van der Waals surface area contributed by atoms with Gasteiger partial charge < -0.3 is 5.73 Å². The van der Waals surface area contributed by atoms with Gasteiger partial charge in [0.25, 0.3) is 0 Å². The Balaban J connectivity index is 2.12. The van der Waals surface area contributed by atoms with E-state index in [4.69, 9.17) is 5.73 Å². The van der Waals surface area contributed by atoms with Gasteiger partial charge in [0.05, 0.1) is 0 Å². The largest absolute Gasteiger partial charge is 0.324 e. The molecule has 2 aromatic carbocycles. The van der Waals surface area contributed by atoms with Crippen molar-refractivity contribution < 1.29 is 8.78 Å². The molecule has 0 aliphatic rings. The van der Waals surface area contributed by atoms with Crippen LogP contribution in [0.4, 0.5) is 8.78 Å². The Morgan fingerprint density at radius 2 is 1.65 bits per heavy atom. The van der Waals surface area contributed by atoms with E-state index in [1.165, 1.54) is 17.7 Å². The summed E-state index contributed by atoms with van der Waals surface area (Å²) in [5, 5.41) is 0. The second-order valence-corrected chi connectivity index (χ2v) is 5.37. The minimum atomic E-state index is -0.587. The summed E-state index contributed by atoms with van der Waals surface area (Å²) >= 11 is 0. The predicted octanol–water partition coefficient (Wildman–Crippen LogP) is 4.33. The average Bonchev–Trinajstić information content (AvgIpc) is 2.39. The molecule has 1 atom stereocenters. The maximum Gasteiger partial charge on any atom is 0.130 e. The van der Waals surface area contributed by atoms with Gasteiger partial charge in [0.1, 0.15) is 11.6 Å². The smallest absolute Gasteiger partial charge is 0.130 e. The second-order valence-electron chi connectivity index (χ2n) is 5.37. The van der Waals surface area contributed by atoms with Crippen molar-refractivity contribution in [1.82, 2.24) is 0 Å². The monoisotopic (exact) mass is 275 g/mol. The summed E-state index contributed by atoms with van der Waals surface area (Å²) in [5.41, 5.74) is 8.67. The van der Waals surface area contributed by atoms with Crippen LogP contribution in [0.25, 0.3) is 0 Å². The fraction of sp³-hybridized carbons (Fsp3) is 0.294. The molecule has 0 spiro atoms. The number of rotatable bonds is 4. The van der Waals surface area contributed by atoms with Crippen LogP contribution in [-0.2, 0) is 6.42 Å². The van der Waals surface area contributed by atoms with Crippen LogP contribution < -0.4 is 5.73 Å². The third-order valence-electron chi connectivity index (χ3n) is 3.46. The molecule has 2 N–H and O–H groups in total. The van der Waals surface area contributed by atoms with Crippen LogP contribution in [0, 0.1) is 11.6 Å². The molecule has 0 radical (unpaired) electrons. The minimum absolute atomic E-state index is 0.347. The third kappa shape index (κ3) is 3.42. The highest BCUT2D eigenvalue weighted by atomic mass is 19.1. The number of halogens is 2. The van der Waals surface area contributed by atoms with E-state index in [0.29, 0.717) is 17.9 Å². The van der Waals surface area contributed by atoms with Gasteiger partial charge in [-0.05, 0) is 29.5 Å². The Morgan fingerprint density at radius 1 is 1.00 bits per heavy atom. The van der Waals surface area contributed by atoms with Crippen LogP contribution in [0.1, 0.15) is 42.5 Å². The van der Waals surface area contributed by atoms with Gasteiger partial charge in [0, 0.05) is 17.7 Å². The minimum Gasteiger partial charge on any atom is -0.324 e. The molecule has 0 aromatic heterocycles. The lowest BCUT2D eigenvalue weighted by Gasteiger charge is -2.14. The Bertz CT molecular complexity index is 576. The number of hydrogen-bond acceptors (Lipinski definition) is 1. The molecule has 0 fully saturated rings. The van der Waals surface area contributed by atoms with E-state index in [-0.39, 0.29) is 0 Å². The van der Waals surface area contributed by atoms with E-state index in [9.17, 15) is 8.78 Å². The van der Waals surface area contributed by atoms with Gasteiger partial charge in [0.2, 0.25) is 0 Å². The van der Waals surface area contributed by atoms with Crippen molar-refractivity contribution >= 4 is 0 Å². The highest BCUT2D eigenvalue weighted by molar-refractivity contribution is 5.28. The zero-order valence-corrected chi connectivity index (χ0v) is 11.7. The molecule has 3 heteroatoms. The molecule has 20 heavy (non-hydrogen) atoms. The Kier molecular flexibility index (Phi) is 4.50. The lowest BCUT2D eigenvalue weighted by molar-refractivity contribution is 0.554. The van der Waals surface area contributed by atoms with Crippen LogP contribution in [0.5, 0.6) is 0 Å².